The van der Waals surface area contributed by atoms with Crippen LogP contribution in [0.15, 0.2) is 23.5 Å². The van der Waals surface area contributed by atoms with Crippen LogP contribution >= 0.6 is 34.2 Å². The molecule has 0 unspecified atom stereocenters. The molecule has 84 valence electrons. The minimum absolute atomic E-state index is 0.0743. The second-order valence-electron chi connectivity index (χ2n) is 3.23. The number of aromatic nitrogens is 4. The van der Waals surface area contributed by atoms with Gasteiger partial charge in [0.25, 0.3) is 5.56 Å². The summed E-state index contributed by atoms with van der Waals surface area (Å²) >= 11 is 7.82. The standard InChI is InChI=1S/C9H8ClIN4O/c1-14-7(10)3-13-8(14)4-15-5-12-2-6(11)9(15)16/h2-3,5H,4H2,1H3. The molecule has 0 N–H and O–H groups in total. The lowest BCUT2D eigenvalue weighted by atomic mass is 10.5. The molecule has 2 rings (SSSR count). The van der Waals surface area contributed by atoms with E-state index < -0.39 is 0 Å². The Morgan fingerprint density at radius 3 is 2.88 bits per heavy atom. The normalized spacial score (nSPS) is 10.7. The highest BCUT2D eigenvalue weighted by molar-refractivity contribution is 14.1. The summed E-state index contributed by atoms with van der Waals surface area (Å²) in [7, 11) is 1.80. The Morgan fingerprint density at radius 2 is 2.25 bits per heavy atom. The van der Waals surface area contributed by atoms with Crippen LogP contribution in [0.25, 0.3) is 0 Å². The molecule has 0 aliphatic carbocycles. The molecular weight excluding hydrogens is 342 g/mol. The maximum absolute atomic E-state index is 11.7. The molecular formula is C9H8ClIN4O. The smallest absolute Gasteiger partial charge is 0.267 e. The Balaban J connectivity index is 2.38. The van der Waals surface area contributed by atoms with Gasteiger partial charge in [-0.05, 0) is 22.6 Å². The lowest BCUT2D eigenvalue weighted by molar-refractivity contribution is 0.663. The van der Waals surface area contributed by atoms with Crippen molar-refractivity contribution in [1.82, 2.24) is 19.1 Å². The van der Waals surface area contributed by atoms with Gasteiger partial charge in [-0.15, -0.1) is 0 Å². The van der Waals surface area contributed by atoms with E-state index in [1.165, 1.54) is 17.1 Å². The van der Waals surface area contributed by atoms with Crippen LogP contribution in [0.3, 0.4) is 0 Å². The van der Waals surface area contributed by atoms with Crippen molar-refractivity contribution >= 4 is 34.2 Å². The van der Waals surface area contributed by atoms with E-state index in [-0.39, 0.29) is 5.56 Å². The van der Waals surface area contributed by atoms with Crippen LogP contribution in [-0.4, -0.2) is 19.1 Å². The van der Waals surface area contributed by atoms with E-state index >= 15 is 0 Å². The zero-order valence-electron chi connectivity index (χ0n) is 8.39. The lowest BCUT2D eigenvalue weighted by Crippen LogP contribution is -2.24. The topological polar surface area (TPSA) is 52.7 Å². The van der Waals surface area contributed by atoms with E-state index in [1.807, 2.05) is 22.6 Å². The van der Waals surface area contributed by atoms with Crippen molar-refractivity contribution in [1.29, 1.82) is 0 Å². The summed E-state index contributed by atoms with van der Waals surface area (Å²) in [4.78, 5) is 19.8. The Labute approximate surface area is 110 Å². The van der Waals surface area contributed by atoms with Gasteiger partial charge in [-0.25, -0.2) is 9.97 Å². The Kier molecular flexibility index (Phi) is 3.29. The third-order valence-electron chi connectivity index (χ3n) is 2.20. The van der Waals surface area contributed by atoms with Gasteiger partial charge in [0, 0.05) is 13.2 Å². The zero-order chi connectivity index (χ0) is 11.7. The first-order valence-electron chi connectivity index (χ1n) is 4.45. The first kappa shape index (κ1) is 11.6. The van der Waals surface area contributed by atoms with Crippen LogP contribution in [-0.2, 0) is 13.6 Å². The third-order valence-corrected chi connectivity index (χ3v) is 3.29. The van der Waals surface area contributed by atoms with Crippen molar-refractivity contribution in [2.24, 2.45) is 7.05 Å². The molecule has 2 aromatic rings. The highest BCUT2D eigenvalue weighted by atomic mass is 127. The summed E-state index contributed by atoms with van der Waals surface area (Å²) in [5.74, 6) is 0.718. The van der Waals surface area contributed by atoms with Crippen molar-refractivity contribution in [3.63, 3.8) is 0 Å². The van der Waals surface area contributed by atoms with E-state index in [0.29, 0.717) is 15.3 Å². The molecule has 0 bridgehead atoms. The molecule has 0 saturated carbocycles. The number of hydrogen-bond donors (Lipinski definition) is 0. The zero-order valence-corrected chi connectivity index (χ0v) is 11.3. The lowest BCUT2D eigenvalue weighted by Gasteiger charge is -2.05. The van der Waals surface area contributed by atoms with Crippen molar-refractivity contribution in [2.75, 3.05) is 0 Å². The van der Waals surface area contributed by atoms with E-state index in [4.69, 9.17) is 11.6 Å². The van der Waals surface area contributed by atoms with Gasteiger partial charge >= 0.3 is 0 Å². The fourth-order valence-electron chi connectivity index (χ4n) is 1.26. The van der Waals surface area contributed by atoms with Crippen molar-refractivity contribution in [2.45, 2.75) is 6.54 Å². The molecule has 0 aliphatic heterocycles. The van der Waals surface area contributed by atoms with Crippen LogP contribution in [0.4, 0.5) is 0 Å². The SMILES string of the molecule is Cn1c(Cl)cnc1Cn1cncc(I)c1=O. The maximum Gasteiger partial charge on any atom is 0.267 e. The predicted molar refractivity (Wildman–Crippen MR) is 68.5 cm³/mol. The molecule has 2 aromatic heterocycles. The quantitative estimate of drug-likeness (QED) is 0.767. The Hall–Kier alpha value is -0.890. The van der Waals surface area contributed by atoms with Crippen molar-refractivity contribution in [3.05, 3.63) is 43.6 Å². The molecule has 0 aliphatic rings. The van der Waals surface area contributed by atoms with E-state index in [0.717, 1.165) is 5.82 Å². The summed E-state index contributed by atoms with van der Waals surface area (Å²) < 4.78 is 3.81. The largest absolute Gasteiger partial charge is 0.321 e. The van der Waals surface area contributed by atoms with Gasteiger partial charge < -0.3 is 4.57 Å². The summed E-state index contributed by atoms with van der Waals surface area (Å²) in [5.41, 5.74) is -0.0743. The maximum atomic E-state index is 11.7. The fourth-order valence-corrected chi connectivity index (χ4v) is 1.88. The van der Waals surface area contributed by atoms with Gasteiger partial charge in [0.2, 0.25) is 0 Å². The van der Waals surface area contributed by atoms with Crippen LogP contribution < -0.4 is 5.56 Å². The van der Waals surface area contributed by atoms with E-state index in [2.05, 4.69) is 9.97 Å². The number of nitrogens with zero attached hydrogens (tertiary/aromatic N) is 4. The van der Waals surface area contributed by atoms with Crippen molar-refractivity contribution in [3.8, 4) is 0 Å². The highest BCUT2D eigenvalue weighted by Gasteiger charge is 2.07. The summed E-state index contributed by atoms with van der Waals surface area (Å²) in [6.07, 6.45) is 4.58. The molecule has 7 heteroatoms. The number of rotatable bonds is 2. The first-order valence-corrected chi connectivity index (χ1v) is 5.91. The number of halogens is 2. The molecule has 0 spiro atoms. The van der Waals surface area contributed by atoms with Crippen LogP contribution in [0, 0.1) is 3.57 Å². The highest BCUT2D eigenvalue weighted by Crippen LogP contribution is 2.09. The molecule has 0 saturated heterocycles. The predicted octanol–water partition coefficient (Wildman–Crippen LogP) is 1.28. The summed E-state index contributed by atoms with van der Waals surface area (Å²) in [6, 6.07) is 0. The summed E-state index contributed by atoms with van der Waals surface area (Å²) in [6.45, 7) is 0.367. The monoisotopic (exact) mass is 350 g/mol. The van der Waals surface area contributed by atoms with Gasteiger partial charge in [-0.3, -0.25) is 9.36 Å². The van der Waals surface area contributed by atoms with Crippen LogP contribution in [0.1, 0.15) is 5.82 Å². The molecule has 0 radical (unpaired) electrons. The van der Waals surface area contributed by atoms with E-state index in [1.54, 1.807) is 17.8 Å². The molecule has 0 atom stereocenters. The van der Waals surface area contributed by atoms with E-state index in [9.17, 15) is 4.79 Å². The molecule has 0 aromatic carbocycles. The second kappa shape index (κ2) is 4.54. The Morgan fingerprint density at radius 1 is 1.50 bits per heavy atom. The van der Waals surface area contributed by atoms with Gasteiger partial charge in [-0.1, -0.05) is 11.6 Å². The minimum Gasteiger partial charge on any atom is -0.321 e. The minimum atomic E-state index is -0.0743. The molecule has 0 fully saturated rings. The number of imidazole rings is 1. The van der Waals surface area contributed by atoms with Gasteiger partial charge in [0.05, 0.1) is 22.6 Å². The fraction of sp³-hybridized carbons (Fsp3) is 0.222. The van der Waals surface area contributed by atoms with Gasteiger partial charge in [0.15, 0.2) is 0 Å². The molecule has 16 heavy (non-hydrogen) atoms. The summed E-state index contributed by atoms with van der Waals surface area (Å²) in [5, 5.41) is 0.543. The first-order chi connectivity index (χ1) is 7.59. The average Bonchev–Trinajstić information content (AvgIpc) is 2.57. The van der Waals surface area contributed by atoms with Crippen LogP contribution in [0.2, 0.25) is 5.15 Å². The molecule has 2 heterocycles. The second-order valence-corrected chi connectivity index (χ2v) is 4.78. The Bertz CT molecular complexity index is 577. The number of hydrogen-bond acceptors (Lipinski definition) is 3. The van der Waals surface area contributed by atoms with Gasteiger partial charge in [0.1, 0.15) is 11.0 Å². The van der Waals surface area contributed by atoms with Gasteiger partial charge in [-0.2, -0.15) is 0 Å². The average molecular weight is 351 g/mol. The molecule has 5 nitrogen and oxygen atoms in total. The van der Waals surface area contributed by atoms with Crippen molar-refractivity contribution < 1.29 is 0 Å². The molecule has 0 amide bonds. The van der Waals surface area contributed by atoms with Crippen LogP contribution in [0.5, 0.6) is 0 Å². The third kappa shape index (κ3) is 2.12.